The topological polar surface area (TPSA) is 101 Å². The maximum Gasteiger partial charge on any atom is 0.345 e. The van der Waals surface area contributed by atoms with Crippen LogP contribution in [0.25, 0.3) is 0 Å². The van der Waals surface area contributed by atoms with Gasteiger partial charge in [-0.15, -0.1) is 0 Å². The third kappa shape index (κ3) is 3.41. The van der Waals surface area contributed by atoms with E-state index in [-0.39, 0.29) is 11.3 Å². The zero-order valence-electron chi connectivity index (χ0n) is 8.04. The molecule has 0 heterocycles. The molecule has 6 nitrogen and oxygen atoms in total. The molecule has 0 saturated heterocycles. The highest BCUT2D eigenvalue weighted by Crippen LogP contribution is 2.10. The maximum atomic E-state index is 11.2. The Morgan fingerprint density at radius 1 is 1.12 bits per heavy atom. The Balaban J connectivity index is 2.62. The number of carbonyl (C=O) groups excluding carboxylic acids is 2. The van der Waals surface area contributed by atoms with Crippen molar-refractivity contribution in [3.05, 3.63) is 29.8 Å². The Labute approximate surface area is 90.1 Å². The van der Waals surface area contributed by atoms with Gasteiger partial charge in [-0.05, 0) is 24.3 Å². The molecular weight excluding hydrogens is 216 g/mol. The molecular formula is C10H8O6. The second kappa shape index (κ2) is 4.92. The Kier molecular flexibility index (Phi) is 3.60. The normalized spacial score (nSPS) is 9.50. The molecule has 0 spiro atoms. The van der Waals surface area contributed by atoms with Crippen LogP contribution in [0.1, 0.15) is 16.8 Å². The van der Waals surface area contributed by atoms with E-state index in [9.17, 15) is 14.4 Å². The molecule has 1 aromatic carbocycles. The number of hydrogen-bond donors (Lipinski definition) is 2. The third-order valence-electron chi connectivity index (χ3n) is 1.61. The van der Waals surface area contributed by atoms with Crippen molar-refractivity contribution in [3.8, 4) is 5.75 Å². The molecule has 1 aromatic rings. The summed E-state index contributed by atoms with van der Waals surface area (Å²) in [6.07, 6.45) is -0.871. The fraction of sp³-hybridized carbons (Fsp3) is 0.100. The number of aliphatic carboxylic acids is 1. The molecule has 0 bridgehead atoms. The average Bonchev–Trinajstić information content (AvgIpc) is 2.16. The van der Waals surface area contributed by atoms with Gasteiger partial charge in [0.1, 0.15) is 12.2 Å². The number of esters is 2. The number of ether oxygens (including phenoxy) is 1. The number of rotatable bonds is 3. The lowest BCUT2D eigenvalue weighted by Crippen LogP contribution is -2.15. The van der Waals surface area contributed by atoms with Crippen LogP contribution in [-0.2, 0) is 14.3 Å². The molecule has 0 saturated carbocycles. The van der Waals surface area contributed by atoms with Crippen molar-refractivity contribution in [1.82, 2.24) is 0 Å². The van der Waals surface area contributed by atoms with Gasteiger partial charge >= 0.3 is 17.9 Å². The molecule has 0 aliphatic rings. The number of carboxylic acids is 1. The van der Waals surface area contributed by atoms with Crippen LogP contribution in [0.15, 0.2) is 24.3 Å². The zero-order valence-corrected chi connectivity index (χ0v) is 8.04. The third-order valence-corrected chi connectivity index (χ3v) is 1.61. The predicted octanol–water partition coefficient (Wildman–Crippen LogP) is 0.550. The van der Waals surface area contributed by atoms with E-state index in [1.165, 1.54) is 24.3 Å². The van der Waals surface area contributed by atoms with Gasteiger partial charge in [0, 0.05) is 0 Å². The summed E-state index contributed by atoms with van der Waals surface area (Å²) in [6.45, 7) is 0. The number of phenols is 1. The summed E-state index contributed by atoms with van der Waals surface area (Å²) in [5.74, 6) is -3.49. The van der Waals surface area contributed by atoms with Gasteiger partial charge in [0.25, 0.3) is 0 Å². The van der Waals surface area contributed by atoms with Gasteiger partial charge in [-0.25, -0.2) is 4.79 Å². The van der Waals surface area contributed by atoms with E-state index in [0.717, 1.165) is 0 Å². The SMILES string of the molecule is O=C(O)CC(=O)OC(=O)c1ccc(O)cc1. The minimum Gasteiger partial charge on any atom is -0.508 e. The zero-order chi connectivity index (χ0) is 12.1. The molecule has 0 amide bonds. The summed E-state index contributed by atoms with van der Waals surface area (Å²) in [7, 11) is 0. The molecule has 84 valence electrons. The van der Waals surface area contributed by atoms with Crippen molar-refractivity contribution >= 4 is 17.9 Å². The largest absolute Gasteiger partial charge is 0.508 e. The standard InChI is InChI=1S/C10H8O6/c11-7-3-1-6(2-4-7)10(15)16-9(14)5-8(12)13/h1-4,11H,5H2,(H,12,13). The molecule has 2 N–H and O–H groups in total. The van der Waals surface area contributed by atoms with Gasteiger partial charge < -0.3 is 14.9 Å². The average molecular weight is 224 g/mol. The molecule has 0 atom stereocenters. The van der Waals surface area contributed by atoms with Crippen LogP contribution in [0.4, 0.5) is 0 Å². The number of benzene rings is 1. The van der Waals surface area contributed by atoms with Crippen molar-refractivity contribution in [2.24, 2.45) is 0 Å². The minimum absolute atomic E-state index is 0.0339. The van der Waals surface area contributed by atoms with Crippen molar-refractivity contribution in [1.29, 1.82) is 0 Å². The van der Waals surface area contributed by atoms with E-state index in [2.05, 4.69) is 4.74 Å². The second-order valence-electron chi connectivity index (χ2n) is 2.88. The van der Waals surface area contributed by atoms with E-state index in [4.69, 9.17) is 10.2 Å². The lowest BCUT2D eigenvalue weighted by Gasteiger charge is -2.01. The van der Waals surface area contributed by atoms with Gasteiger partial charge in [-0.1, -0.05) is 0 Å². The van der Waals surface area contributed by atoms with Gasteiger partial charge in [0.15, 0.2) is 0 Å². The summed E-state index contributed by atoms with van der Waals surface area (Å²) in [5, 5.41) is 17.2. The van der Waals surface area contributed by atoms with Crippen LogP contribution in [0, 0.1) is 0 Å². The number of carbonyl (C=O) groups is 3. The molecule has 0 fully saturated rings. The van der Waals surface area contributed by atoms with E-state index in [1.807, 2.05) is 0 Å². The van der Waals surface area contributed by atoms with Crippen LogP contribution in [0.2, 0.25) is 0 Å². The van der Waals surface area contributed by atoms with Crippen molar-refractivity contribution < 1.29 is 29.3 Å². The Bertz CT molecular complexity index is 419. The molecule has 1 rings (SSSR count). The number of hydrogen-bond acceptors (Lipinski definition) is 5. The van der Waals surface area contributed by atoms with Crippen LogP contribution in [0.3, 0.4) is 0 Å². The van der Waals surface area contributed by atoms with Crippen molar-refractivity contribution in [2.45, 2.75) is 6.42 Å². The van der Waals surface area contributed by atoms with Crippen LogP contribution < -0.4 is 0 Å². The lowest BCUT2D eigenvalue weighted by molar-refractivity contribution is -0.147. The molecule has 6 heteroatoms. The molecule has 0 aliphatic carbocycles. The first-order valence-electron chi connectivity index (χ1n) is 4.25. The molecule has 0 aliphatic heterocycles. The van der Waals surface area contributed by atoms with E-state index < -0.39 is 24.3 Å². The number of carboxylic acid groups (broad SMARTS) is 1. The van der Waals surface area contributed by atoms with E-state index in [1.54, 1.807) is 0 Å². The highest BCUT2D eigenvalue weighted by atomic mass is 16.6. The fourth-order valence-corrected chi connectivity index (χ4v) is 0.919. The minimum atomic E-state index is -1.37. The maximum absolute atomic E-state index is 11.2. The predicted molar refractivity (Wildman–Crippen MR) is 50.8 cm³/mol. The van der Waals surface area contributed by atoms with E-state index >= 15 is 0 Å². The van der Waals surface area contributed by atoms with Crippen LogP contribution in [0.5, 0.6) is 5.75 Å². The van der Waals surface area contributed by atoms with Gasteiger partial charge in [-0.2, -0.15) is 0 Å². The first-order valence-corrected chi connectivity index (χ1v) is 4.25. The Morgan fingerprint density at radius 3 is 2.19 bits per heavy atom. The summed E-state index contributed by atoms with van der Waals surface area (Å²) in [5.41, 5.74) is 0.0524. The Hall–Kier alpha value is -2.37. The van der Waals surface area contributed by atoms with Crippen LogP contribution in [-0.4, -0.2) is 28.1 Å². The van der Waals surface area contributed by atoms with Crippen molar-refractivity contribution in [3.63, 3.8) is 0 Å². The van der Waals surface area contributed by atoms with Gasteiger partial charge in [0.05, 0.1) is 5.56 Å². The van der Waals surface area contributed by atoms with E-state index in [0.29, 0.717) is 0 Å². The smallest absolute Gasteiger partial charge is 0.345 e. The number of aromatic hydroxyl groups is 1. The molecule has 0 aromatic heterocycles. The first-order chi connectivity index (χ1) is 7.49. The summed E-state index contributed by atoms with van der Waals surface area (Å²) >= 11 is 0. The fourth-order valence-electron chi connectivity index (χ4n) is 0.919. The second-order valence-corrected chi connectivity index (χ2v) is 2.88. The van der Waals surface area contributed by atoms with Gasteiger partial charge in [-0.3, -0.25) is 9.59 Å². The number of phenolic OH excluding ortho intramolecular Hbond substituents is 1. The monoisotopic (exact) mass is 224 g/mol. The Morgan fingerprint density at radius 2 is 1.69 bits per heavy atom. The molecule has 0 radical (unpaired) electrons. The summed E-state index contributed by atoms with van der Waals surface area (Å²) < 4.78 is 4.25. The van der Waals surface area contributed by atoms with Gasteiger partial charge in [0.2, 0.25) is 0 Å². The highest BCUT2D eigenvalue weighted by molar-refractivity contribution is 6.01. The summed E-state index contributed by atoms with van der Waals surface area (Å²) in [6, 6.07) is 5.01. The lowest BCUT2D eigenvalue weighted by atomic mass is 10.2. The van der Waals surface area contributed by atoms with Crippen LogP contribution >= 0.6 is 0 Å². The summed E-state index contributed by atoms with van der Waals surface area (Å²) in [4.78, 5) is 32.2. The highest BCUT2D eigenvalue weighted by Gasteiger charge is 2.15. The molecule has 16 heavy (non-hydrogen) atoms. The quantitative estimate of drug-likeness (QED) is 0.574. The van der Waals surface area contributed by atoms with Crippen molar-refractivity contribution in [2.75, 3.05) is 0 Å². The molecule has 0 unspecified atom stereocenters. The first kappa shape index (κ1) is 11.7.